The topological polar surface area (TPSA) is 104 Å². The van der Waals surface area contributed by atoms with E-state index in [4.69, 9.17) is 4.74 Å². The van der Waals surface area contributed by atoms with E-state index in [1.165, 1.54) is 0 Å². The zero-order valence-electron chi connectivity index (χ0n) is 16.6. The number of carbonyl (C=O) groups is 2. The maximum absolute atomic E-state index is 11.6. The molecule has 150 valence electrons. The second-order valence-electron chi connectivity index (χ2n) is 7.41. The van der Waals surface area contributed by atoms with Gasteiger partial charge in [-0.25, -0.2) is 4.79 Å². The molecular formula is C18H35N5O3. The maximum atomic E-state index is 11.6. The number of hydrogen-bond donors (Lipinski definition) is 4. The van der Waals surface area contributed by atoms with Crippen molar-refractivity contribution in [3.8, 4) is 0 Å². The largest absolute Gasteiger partial charge is 0.444 e. The van der Waals surface area contributed by atoms with Crippen molar-refractivity contribution in [3.63, 3.8) is 0 Å². The van der Waals surface area contributed by atoms with Crippen molar-refractivity contribution < 1.29 is 14.3 Å². The third-order valence-electron chi connectivity index (χ3n) is 3.43. The van der Waals surface area contributed by atoms with Gasteiger partial charge in [-0.1, -0.05) is 0 Å². The molecule has 0 aromatic carbocycles. The summed E-state index contributed by atoms with van der Waals surface area (Å²) in [5.41, 5.74) is -0.486. The van der Waals surface area contributed by atoms with Gasteiger partial charge in [0, 0.05) is 38.6 Å². The number of aliphatic imine (C=N–C) groups is 1. The third kappa shape index (κ3) is 12.4. The molecule has 0 heterocycles. The highest BCUT2D eigenvalue weighted by Crippen LogP contribution is 2.18. The van der Waals surface area contributed by atoms with E-state index in [1.807, 2.05) is 27.7 Å². The molecule has 0 aromatic rings. The van der Waals surface area contributed by atoms with Gasteiger partial charge >= 0.3 is 6.09 Å². The Balaban J connectivity index is 2.13. The van der Waals surface area contributed by atoms with Crippen LogP contribution < -0.4 is 21.3 Å². The molecule has 0 aromatic heterocycles. The molecule has 26 heavy (non-hydrogen) atoms. The molecule has 2 amide bonds. The van der Waals surface area contributed by atoms with E-state index < -0.39 is 11.7 Å². The molecule has 0 bridgehead atoms. The van der Waals surface area contributed by atoms with Gasteiger partial charge in [-0.3, -0.25) is 9.79 Å². The van der Waals surface area contributed by atoms with Crippen molar-refractivity contribution in [1.29, 1.82) is 0 Å². The van der Waals surface area contributed by atoms with Gasteiger partial charge in [-0.2, -0.15) is 0 Å². The lowest BCUT2D eigenvalue weighted by Crippen LogP contribution is -2.38. The summed E-state index contributed by atoms with van der Waals surface area (Å²) in [6.45, 7) is 10.1. The van der Waals surface area contributed by atoms with Gasteiger partial charge in [0.25, 0.3) is 0 Å². The van der Waals surface area contributed by atoms with Gasteiger partial charge in [-0.05, 0) is 53.4 Å². The van der Waals surface area contributed by atoms with Gasteiger partial charge < -0.3 is 26.0 Å². The minimum Gasteiger partial charge on any atom is -0.444 e. The summed E-state index contributed by atoms with van der Waals surface area (Å²) in [5, 5.41) is 12.1. The number of carbonyl (C=O) groups excluding carboxylic acids is 2. The van der Waals surface area contributed by atoms with Gasteiger partial charge in [-0.15, -0.1) is 0 Å². The zero-order valence-corrected chi connectivity index (χ0v) is 16.6. The molecule has 1 rings (SSSR count). The van der Waals surface area contributed by atoms with E-state index in [0.29, 0.717) is 32.1 Å². The zero-order chi connectivity index (χ0) is 19.4. The summed E-state index contributed by atoms with van der Waals surface area (Å²) in [6, 6.07) is 0.420. The lowest BCUT2D eigenvalue weighted by molar-refractivity contribution is -0.121. The number of ether oxygens (including phenoxy) is 1. The Kier molecular flexibility index (Phi) is 9.83. The van der Waals surface area contributed by atoms with Crippen LogP contribution in [0, 0.1) is 0 Å². The average Bonchev–Trinajstić information content (AvgIpc) is 3.33. The molecule has 0 unspecified atom stereocenters. The van der Waals surface area contributed by atoms with Crippen LogP contribution in [0.25, 0.3) is 0 Å². The minimum atomic E-state index is -0.486. The van der Waals surface area contributed by atoms with Crippen LogP contribution in [0.5, 0.6) is 0 Å². The van der Waals surface area contributed by atoms with E-state index in [9.17, 15) is 9.59 Å². The predicted molar refractivity (Wildman–Crippen MR) is 103 cm³/mol. The Morgan fingerprint density at radius 3 is 2.38 bits per heavy atom. The number of guanidine groups is 1. The Labute approximate surface area is 156 Å². The molecule has 0 aliphatic heterocycles. The number of alkyl carbamates (subject to hydrolysis) is 1. The van der Waals surface area contributed by atoms with E-state index >= 15 is 0 Å². The molecule has 0 spiro atoms. The highest BCUT2D eigenvalue weighted by Gasteiger charge is 2.22. The summed E-state index contributed by atoms with van der Waals surface area (Å²) < 4.78 is 5.17. The smallest absolute Gasteiger partial charge is 0.407 e. The van der Waals surface area contributed by atoms with E-state index in [1.54, 1.807) is 0 Å². The van der Waals surface area contributed by atoms with Gasteiger partial charge in [0.15, 0.2) is 5.96 Å². The van der Waals surface area contributed by atoms with Gasteiger partial charge in [0.2, 0.25) is 5.91 Å². The molecular weight excluding hydrogens is 334 g/mol. The Morgan fingerprint density at radius 2 is 1.77 bits per heavy atom. The van der Waals surface area contributed by atoms with Crippen LogP contribution in [0.3, 0.4) is 0 Å². The van der Waals surface area contributed by atoms with Crippen molar-refractivity contribution in [2.75, 3.05) is 26.2 Å². The first kappa shape index (κ1) is 22.1. The number of rotatable bonds is 10. The van der Waals surface area contributed by atoms with E-state index in [2.05, 4.69) is 26.3 Å². The molecule has 0 radical (unpaired) electrons. The van der Waals surface area contributed by atoms with Crippen LogP contribution in [-0.2, 0) is 9.53 Å². The SMILES string of the molecule is CCNC(=NCCCNC(=O)OC(C)(C)C)NCCCC(=O)NC1CC1. The van der Waals surface area contributed by atoms with E-state index in [0.717, 1.165) is 38.2 Å². The standard InChI is InChI=1S/C18H35N5O3/c1-5-19-16(20-11-6-8-15(24)23-14-9-10-14)21-12-7-13-22-17(25)26-18(2,3)4/h14H,5-13H2,1-4H3,(H,22,25)(H,23,24)(H2,19,20,21). The lowest BCUT2D eigenvalue weighted by Gasteiger charge is -2.19. The first-order chi connectivity index (χ1) is 12.3. The van der Waals surface area contributed by atoms with Gasteiger partial charge in [0.1, 0.15) is 5.60 Å². The highest BCUT2D eigenvalue weighted by molar-refractivity contribution is 5.80. The number of nitrogens with zero attached hydrogens (tertiary/aromatic N) is 1. The predicted octanol–water partition coefficient (Wildman–Crippen LogP) is 1.52. The van der Waals surface area contributed by atoms with Crippen LogP contribution >= 0.6 is 0 Å². The molecule has 8 nitrogen and oxygen atoms in total. The van der Waals surface area contributed by atoms with Crippen molar-refractivity contribution >= 4 is 18.0 Å². The number of hydrogen-bond acceptors (Lipinski definition) is 4. The molecule has 4 N–H and O–H groups in total. The molecule has 1 aliphatic rings. The molecule has 0 atom stereocenters. The van der Waals surface area contributed by atoms with Crippen molar-refractivity contribution in [1.82, 2.24) is 21.3 Å². The Morgan fingerprint density at radius 1 is 1.08 bits per heavy atom. The van der Waals surface area contributed by atoms with Crippen LogP contribution in [-0.4, -0.2) is 55.8 Å². The average molecular weight is 370 g/mol. The van der Waals surface area contributed by atoms with Crippen LogP contribution in [0.1, 0.15) is 59.8 Å². The summed E-state index contributed by atoms with van der Waals surface area (Å²) in [5.74, 6) is 0.858. The fourth-order valence-corrected chi connectivity index (χ4v) is 2.10. The Bertz CT molecular complexity index is 470. The fraction of sp³-hybridized carbons (Fsp3) is 0.833. The molecule has 8 heteroatoms. The number of nitrogens with one attached hydrogen (secondary N) is 4. The second-order valence-corrected chi connectivity index (χ2v) is 7.41. The highest BCUT2D eigenvalue weighted by atomic mass is 16.6. The van der Waals surface area contributed by atoms with E-state index in [-0.39, 0.29) is 5.91 Å². The molecule has 0 saturated heterocycles. The third-order valence-corrected chi connectivity index (χ3v) is 3.43. The van der Waals surface area contributed by atoms with Gasteiger partial charge in [0.05, 0.1) is 0 Å². The number of amides is 2. The molecule has 1 fully saturated rings. The maximum Gasteiger partial charge on any atom is 0.407 e. The second kappa shape index (κ2) is 11.6. The van der Waals surface area contributed by atoms with Crippen LogP contribution in [0.2, 0.25) is 0 Å². The van der Waals surface area contributed by atoms with Crippen LogP contribution in [0.15, 0.2) is 4.99 Å². The molecule has 1 saturated carbocycles. The first-order valence-electron chi connectivity index (χ1n) is 9.58. The molecule has 1 aliphatic carbocycles. The van der Waals surface area contributed by atoms with Crippen LogP contribution in [0.4, 0.5) is 4.79 Å². The van der Waals surface area contributed by atoms with Crippen molar-refractivity contribution in [2.45, 2.75) is 71.4 Å². The summed E-state index contributed by atoms with van der Waals surface area (Å²) in [4.78, 5) is 27.6. The van der Waals surface area contributed by atoms with Crippen molar-refractivity contribution in [2.24, 2.45) is 4.99 Å². The Hall–Kier alpha value is -1.99. The quantitative estimate of drug-likeness (QED) is 0.265. The monoisotopic (exact) mass is 369 g/mol. The lowest BCUT2D eigenvalue weighted by atomic mass is 10.2. The summed E-state index contributed by atoms with van der Waals surface area (Å²) in [6.07, 6.45) is 3.84. The fourth-order valence-electron chi connectivity index (χ4n) is 2.10. The summed E-state index contributed by atoms with van der Waals surface area (Å²) in [7, 11) is 0. The summed E-state index contributed by atoms with van der Waals surface area (Å²) >= 11 is 0. The normalized spacial score (nSPS) is 14.5. The van der Waals surface area contributed by atoms with Crippen molar-refractivity contribution in [3.05, 3.63) is 0 Å². The first-order valence-corrected chi connectivity index (χ1v) is 9.58. The minimum absolute atomic E-state index is 0.129.